The minimum atomic E-state index is -0.260. The first-order valence-corrected chi connectivity index (χ1v) is 9.36. The Kier molecular flexibility index (Phi) is 6.56. The predicted octanol–water partition coefficient (Wildman–Crippen LogP) is 4.45. The van der Waals surface area contributed by atoms with Crippen molar-refractivity contribution in [1.82, 2.24) is 10.2 Å². The molecule has 3 aromatic rings. The van der Waals surface area contributed by atoms with Crippen LogP contribution in [0.2, 0.25) is 0 Å². The molecule has 0 radical (unpaired) electrons. The summed E-state index contributed by atoms with van der Waals surface area (Å²) in [7, 11) is 3.89. The first-order chi connectivity index (χ1) is 13.5. The molecule has 3 nitrogen and oxygen atoms in total. The first-order valence-electron chi connectivity index (χ1n) is 9.36. The number of likely N-dealkylation sites (N-methyl/N-ethyl adjacent to an activating group) is 1. The Morgan fingerprint density at radius 3 is 2.11 bits per heavy atom. The van der Waals surface area contributed by atoms with Crippen LogP contribution in [0.25, 0.3) is 11.1 Å². The number of nitrogens with one attached hydrogen (secondary N) is 1. The summed E-state index contributed by atoms with van der Waals surface area (Å²) >= 11 is 0. The quantitative estimate of drug-likeness (QED) is 0.661. The van der Waals surface area contributed by atoms with E-state index in [9.17, 15) is 9.18 Å². The Balaban J connectivity index is 1.58. The lowest BCUT2D eigenvalue weighted by molar-refractivity contribution is -0.120. The number of benzene rings is 3. The van der Waals surface area contributed by atoms with Crippen molar-refractivity contribution in [1.29, 1.82) is 0 Å². The van der Waals surface area contributed by atoms with E-state index in [4.69, 9.17) is 0 Å². The van der Waals surface area contributed by atoms with Gasteiger partial charge in [0.2, 0.25) is 5.91 Å². The normalized spacial score (nSPS) is 12.0. The molecule has 0 saturated carbocycles. The summed E-state index contributed by atoms with van der Waals surface area (Å²) in [5, 5.41) is 3.00. The molecular weight excluding hydrogens is 351 g/mol. The van der Waals surface area contributed by atoms with Crippen molar-refractivity contribution in [2.24, 2.45) is 0 Å². The van der Waals surface area contributed by atoms with Gasteiger partial charge in [0.05, 0.1) is 12.5 Å². The highest BCUT2D eigenvalue weighted by molar-refractivity contribution is 5.79. The highest BCUT2D eigenvalue weighted by Crippen LogP contribution is 2.20. The maximum Gasteiger partial charge on any atom is 0.224 e. The van der Waals surface area contributed by atoms with Crippen LogP contribution >= 0.6 is 0 Å². The van der Waals surface area contributed by atoms with E-state index in [1.54, 1.807) is 12.1 Å². The van der Waals surface area contributed by atoms with Crippen LogP contribution in [-0.2, 0) is 11.2 Å². The number of carbonyl (C=O) groups excluding carboxylic acids is 1. The minimum Gasteiger partial charge on any atom is -0.354 e. The largest absolute Gasteiger partial charge is 0.354 e. The van der Waals surface area contributed by atoms with Crippen LogP contribution in [0.4, 0.5) is 4.39 Å². The molecule has 0 bridgehead atoms. The second-order valence-electron chi connectivity index (χ2n) is 7.07. The molecule has 3 rings (SSSR count). The Labute approximate surface area is 165 Å². The average molecular weight is 376 g/mol. The van der Waals surface area contributed by atoms with Crippen molar-refractivity contribution in [3.05, 3.63) is 95.8 Å². The van der Waals surface area contributed by atoms with Gasteiger partial charge in [-0.25, -0.2) is 4.39 Å². The molecule has 0 saturated heterocycles. The summed E-state index contributed by atoms with van der Waals surface area (Å²) in [6.45, 7) is 0.472. The van der Waals surface area contributed by atoms with Crippen molar-refractivity contribution < 1.29 is 9.18 Å². The summed E-state index contributed by atoms with van der Waals surface area (Å²) in [5.41, 5.74) is 4.24. The van der Waals surface area contributed by atoms with E-state index in [0.29, 0.717) is 13.0 Å². The lowest BCUT2D eigenvalue weighted by atomic mass is 10.0. The van der Waals surface area contributed by atoms with Gasteiger partial charge in [0.1, 0.15) is 5.82 Å². The lowest BCUT2D eigenvalue weighted by Crippen LogP contribution is -2.35. The van der Waals surface area contributed by atoms with E-state index in [1.165, 1.54) is 12.1 Å². The molecule has 0 aliphatic heterocycles. The van der Waals surface area contributed by atoms with E-state index in [1.807, 2.05) is 61.5 Å². The second-order valence-corrected chi connectivity index (χ2v) is 7.07. The van der Waals surface area contributed by atoms with Crippen molar-refractivity contribution >= 4 is 5.91 Å². The second kappa shape index (κ2) is 9.29. The van der Waals surface area contributed by atoms with E-state index in [0.717, 1.165) is 22.3 Å². The molecule has 0 unspecified atom stereocenters. The molecule has 3 aromatic carbocycles. The molecule has 28 heavy (non-hydrogen) atoms. The molecule has 0 aromatic heterocycles. The van der Waals surface area contributed by atoms with Crippen LogP contribution in [0, 0.1) is 5.82 Å². The van der Waals surface area contributed by atoms with Gasteiger partial charge in [-0.2, -0.15) is 0 Å². The number of rotatable bonds is 7. The molecule has 0 aliphatic carbocycles. The third kappa shape index (κ3) is 5.27. The van der Waals surface area contributed by atoms with Crippen LogP contribution in [0.5, 0.6) is 0 Å². The Bertz CT molecular complexity index is 890. The fourth-order valence-corrected chi connectivity index (χ4v) is 3.19. The zero-order valence-electron chi connectivity index (χ0n) is 16.2. The molecule has 4 heteroatoms. The Morgan fingerprint density at radius 1 is 0.893 bits per heavy atom. The number of amides is 1. The summed E-state index contributed by atoms with van der Waals surface area (Å²) in [6, 6.07) is 24.6. The van der Waals surface area contributed by atoms with Gasteiger partial charge in [0, 0.05) is 6.54 Å². The van der Waals surface area contributed by atoms with Gasteiger partial charge in [-0.15, -0.1) is 0 Å². The highest BCUT2D eigenvalue weighted by atomic mass is 19.1. The summed E-state index contributed by atoms with van der Waals surface area (Å²) < 4.78 is 13.2. The van der Waals surface area contributed by atoms with Crippen LogP contribution in [0.3, 0.4) is 0 Å². The fourth-order valence-electron chi connectivity index (χ4n) is 3.19. The lowest BCUT2D eigenvalue weighted by Gasteiger charge is -2.25. The summed E-state index contributed by atoms with van der Waals surface area (Å²) in [4.78, 5) is 14.4. The highest BCUT2D eigenvalue weighted by Gasteiger charge is 2.15. The molecule has 0 spiro atoms. The number of nitrogens with zero attached hydrogens (tertiary/aromatic N) is 1. The Hall–Kier alpha value is -2.98. The number of halogens is 1. The van der Waals surface area contributed by atoms with Gasteiger partial charge < -0.3 is 10.2 Å². The van der Waals surface area contributed by atoms with Crippen LogP contribution in [0.1, 0.15) is 17.2 Å². The van der Waals surface area contributed by atoms with Gasteiger partial charge in [-0.05, 0) is 48.5 Å². The topological polar surface area (TPSA) is 32.3 Å². The van der Waals surface area contributed by atoms with Gasteiger partial charge in [0.25, 0.3) is 0 Å². The molecule has 1 N–H and O–H groups in total. The zero-order valence-corrected chi connectivity index (χ0v) is 16.2. The van der Waals surface area contributed by atoms with Gasteiger partial charge in [-0.3, -0.25) is 4.79 Å². The summed E-state index contributed by atoms with van der Waals surface area (Å²) in [5.74, 6) is -0.286. The molecular formula is C24H25FN2O. The zero-order chi connectivity index (χ0) is 19.9. The van der Waals surface area contributed by atoms with Crippen molar-refractivity contribution in [3.8, 4) is 11.1 Å². The SMILES string of the molecule is CN(C)[C@@H](CNC(=O)Cc1ccc(-c2ccccc2)cc1)c1ccc(F)cc1. The first kappa shape index (κ1) is 19.8. The average Bonchev–Trinajstić information content (AvgIpc) is 2.70. The van der Waals surface area contributed by atoms with E-state index in [2.05, 4.69) is 17.4 Å². The molecule has 0 heterocycles. The Morgan fingerprint density at radius 2 is 1.50 bits per heavy atom. The monoisotopic (exact) mass is 376 g/mol. The van der Waals surface area contributed by atoms with E-state index >= 15 is 0 Å². The molecule has 0 aliphatic rings. The minimum absolute atomic E-state index is 0.00925. The van der Waals surface area contributed by atoms with Crippen LogP contribution < -0.4 is 5.32 Å². The van der Waals surface area contributed by atoms with Gasteiger partial charge in [-0.1, -0.05) is 66.7 Å². The third-order valence-corrected chi connectivity index (χ3v) is 4.80. The maximum atomic E-state index is 13.2. The summed E-state index contributed by atoms with van der Waals surface area (Å²) in [6.07, 6.45) is 0.332. The maximum absolute atomic E-state index is 13.2. The molecule has 144 valence electrons. The number of hydrogen-bond donors (Lipinski definition) is 1. The van der Waals surface area contributed by atoms with Gasteiger partial charge in [0.15, 0.2) is 0 Å². The number of carbonyl (C=O) groups is 1. The van der Waals surface area contributed by atoms with E-state index < -0.39 is 0 Å². The smallest absolute Gasteiger partial charge is 0.224 e. The van der Waals surface area contributed by atoms with Crippen LogP contribution in [0.15, 0.2) is 78.9 Å². The van der Waals surface area contributed by atoms with Crippen molar-refractivity contribution in [3.63, 3.8) is 0 Å². The number of hydrogen-bond acceptors (Lipinski definition) is 2. The molecule has 0 fully saturated rings. The third-order valence-electron chi connectivity index (χ3n) is 4.80. The fraction of sp³-hybridized carbons (Fsp3) is 0.208. The van der Waals surface area contributed by atoms with E-state index in [-0.39, 0.29) is 17.8 Å². The van der Waals surface area contributed by atoms with Gasteiger partial charge >= 0.3 is 0 Å². The molecule has 1 amide bonds. The van der Waals surface area contributed by atoms with Crippen molar-refractivity contribution in [2.45, 2.75) is 12.5 Å². The molecule has 1 atom stereocenters. The standard InChI is InChI=1S/C24H25FN2O/c1-27(2)23(21-12-14-22(25)15-13-21)17-26-24(28)16-18-8-10-20(11-9-18)19-6-4-3-5-7-19/h3-15,23H,16-17H2,1-2H3,(H,26,28)/t23-/m0/s1. The van der Waals surface area contributed by atoms with Crippen LogP contribution in [-0.4, -0.2) is 31.4 Å². The predicted molar refractivity (Wildman–Crippen MR) is 111 cm³/mol. The van der Waals surface area contributed by atoms with Crippen molar-refractivity contribution in [2.75, 3.05) is 20.6 Å².